The Bertz CT molecular complexity index is 303. The maximum atomic E-state index is 3.44. The Morgan fingerprint density at radius 2 is 1.71 bits per heavy atom. The lowest BCUT2D eigenvalue weighted by atomic mass is 10.1. The molecule has 1 aromatic carbocycles. The molecule has 17 heavy (non-hydrogen) atoms. The van der Waals surface area contributed by atoms with Gasteiger partial charge in [0.25, 0.3) is 0 Å². The SMILES string of the molecule is CCN(C)Cc1ccc(CCNC(C)C)cc1. The monoisotopic (exact) mass is 234 g/mol. The first-order chi connectivity index (χ1) is 8.11. The first kappa shape index (κ1) is 14.2. The van der Waals surface area contributed by atoms with Gasteiger partial charge in [0.15, 0.2) is 0 Å². The highest BCUT2D eigenvalue weighted by molar-refractivity contribution is 5.22. The molecule has 0 saturated carbocycles. The molecular weight excluding hydrogens is 208 g/mol. The van der Waals surface area contributed by atoms with Crippen LogP contribution >= 0.6 is 0 Å². The van der Waals surface area contributed by atoms with Gasteiger partial charge in [-0.25, -0.2) is 0 Å². The summed E-state index contributed by atoms with van der Waals surface area (Å²) in [5.41, 5.74) is 2.82. The summed E-state index contributed by atoms with van der Waals surface area (Å²) in [6.07, 6.45) is 1.11. The molecule has 0 bridgehead atoms. The van der Waals surface area contributed by atoms with Gasteiger partial charge >= 0.3 is 0 Å². The topological polar surface area (TPSA) is 15.3 Å². The highest BCUT2D eigenvalue weighted by Crippen LogP contribution is 2.07. The first-order valence-corrected chi connectivity index (χ1v) is 6.61. The minimum Gasteiger partial charge on any atom is -0.314 e. The minimum atomic E-state index is 0.576. The second-order valence-corrected chi connectivity index (χ2v) is 5.01. The Labute approximate surface area is 106 Å². The molecule has 0 amide bonds. The Morgan fingerprint density at radius 3 is 2.24 bits per heavy atom. The van der Waals surface area contributed by atoms with Crippen LogP contribution in [-0.4, -0.2) is 31.1 Å². The third-order valence-corrected chi connectivity index (χ3v) is 2.98. The van der Waals surface area contributed by atoms with Gasteiger partial charge in [-0.2, -0.15) is 0 Å². The summed E-state index contributed by atoms with van der Waals surface area (Å²) >= 11 is 0. The molecule has 0 saturated heterocycles. The third kappa shape index (κ3) is 5.85. The minimum absolute atomic E-state index is 0.576. The molecule has 0 heterocycles. The fraction of sp³-hybridized carbons (Fsp3) is 0.600. The van der Waals surface area contributed by atoms with E-state index >= 15 is 0 Å². The molecule has 0 fully saturated rings. The van der Waals surface area contributed by atoms with E-state index in [9.17, 15) is 0 Å². The molecule has 0 aliphatic heterocycles. The van der Waals surface area contributed by atoms with Crippen LogP contribution in [0.2, 0.25) is 0 Å². The van der Waals surface area contributed by atoms with Gasteiger partial charge in [0.1, 0.15) is 0 Å². The molecule has 0 aliphatic carbocycles. The second-order valence-electron chi connectivity index (χ2n) is 5.01. The summed E-state index contributed by atoms with van der Waals surface area (Å²) in [5, 5.41) is 3.44. The molecule has 96 valence electrons. The van der Waals surface area contributed by atoms with E-state index in [1.165, 1.54) is 11.1 Å². The summed E-state index contributed by atoms with van der Waals surface area (Å²) in [4.78, 5) is 2.31. The molecule has 1 aromatic rings. The van der Waals surface area contributed by atoms with Crippen molar-refractivity contribution >= 4 is 0 Å². The van der Waals surface area contributed by atoms with Crippen LogP contribution in [0.1, 0.15) is 31.9 Å². The van der Waals surface area contributed by atoms with Gasteiger partial charge in [-0.05, 0) is 37.7 Å². The predicted molar refractivity (Wildman–Crippen MR) is 75.3 cm³/mol. The van der Waals surface area contributed by atoms with E-state index in [2.05, 4.69) is 62.3 Å². The number of nitrogens with zero attached hydrogens (tertiary/aromatic N) is 1. The van der Waals surface area contributed by atoms with Gasteiger partial charge < -0.3 is 10.2 Å². The maximum absolute atomic E-state index is 3.44. The van der Waals surface area contributed by atoms with E-state index in [-0.39, 0.29) is 0 Å². The Hall–Kier alpha value is -0.860. The van der Waals surface area contributed by atoms with Crippen LogP contribution in [0.25, 0.3) is 0 Å². The smallest absolute Gasteiger partial charge is 0.0230 e. The Balaban J connectivity index is 2.39. The van der Waals surface area contributed by atoms with Gasteiger partial charge in [-0.15, -0.1) is 0 Å². The van der Waals surface area contributed by atoms with Crippen molar-refractivity contribution in [2.45, 2.75) is 39.8 Å². The molecule has 1 N–H and O–H groups in total. The highest BCUT2D eigenvalue weighted by atomic mass is 15.1. The molecule has 0 aliphatic rings. The summed E-state index contributed by atoms with van der Waals surface area (Å²) < 4.78 is 0. The predicted octanol–water partition coefficient (Wildman–Crippen LogP) is 2.68. The van der Waals surface area contributed by atoms with Gasteiger partial charge in [0.2, 0.25) is 0 Å². The van der Waals surface area contributed by atoms with Crippen LogP contribution in [0, 0.1) is 0 Å². The quantitative estimate of drug-likeness (QED) is 0.780. The summed E-state index contributed by atoms with van der Waals surface area (Å²) in [6.45, 7) is 9.76. The summed E-state index contributed by atoms with van der Waals surface area (Å²) in [5.74, 6) is 0. The average Bonchev–Trinajstić information content (AvgIpc) is 2.31. The maximum Gasteiger partial charge on any atom is 0.0230 e. The largest absolute Gasteiger partial charge is 0.314 e. The van der Waals surface area contributed by atoms with Crippen LogP contribution in [0.4, 0.5) is 0 Å². The molecule has 1 rings (SSSR count). The number of rotatable bonds is 7. The molecule has 2 heteroatoms. The van der Waals surface area contributed by atoms with Crippen molar-refractivity contribution in [3.05, 3.63) is 35.4 Å². The van der Waals surface area contributed by atoms with Crippen molar-refractivity contribution in [3.8, 4) is 0 Å². The number of hydrogen-bond acceptors (Lipinski definition) is 2. The fourth-order valence-corrected chi connectivity index (χ4v) is 1.74. The van der Waals surface area contributed by atoms with Gasteiger partial charge in [-0.1, -0.05) is 45.0 Å². The lowest BCUT2D eigenvalue weighted by Gasteiger charge is -2.14. The normalized spacial score (nSPS) is 11.4. The number of hydrogen-bond donors (Lipinski definition) is 1. The van der Waals surface area contributed by atoms with E-state index in [1.807, 2.05) is 0 Å². The van der Waals surface area contributed by atoms with E-state index in [0.717, 1.165) is 26.1 Å². The molecule has 0 atom stereocenters. The average molecular weight is 234 g/mol. The first-order valence-electron chi connectivity index (χ1n) is 6.61. The highest BCUT2D eigenvalue weighted by Gasteiger charge is 1.99. The zero-order valence-electron chi connectivity index (χ0n) is 11.7. The van der Waals surface area contributed by atoms with Gasteiger partial charge in [-0.3, -0.25) is 0 Å². The third-order valence-electron chi connectivity index (χ3n) is 2.98. The van der Waals surface area contributed by atoms with E-state index < -0.39 is 0 Å². The molecule has 2 nitrogen and oxygen atoms in total. The lowest BCUT2D eigenvalue weighted by Crippen LogP contribution is -2.24. The van der Waals surface area contributed by atoms with Crippen LogP contribution < -0.4 is 5.32 Å². The van der Waals surface area contributed by atoms with Crippen molar-refractivity contribution in [1.29, 1.82) is 0 Å². The van der Waals surface area contributed by atoms with Crippen LogP contribution in [-0.2, 0) is 13.0 Å². The second kappa shape index (κ2) is 7.46. The molecule has 0 unspecified atom stereocenters. The van der Waals surface area contributed by atoms with Crippen molar-refractivity contribution in [2.24, 2.45) is 0 Å². The molecule has 0 aromatic heterocycles. The molecular formula is C15H26N2. The Kier molecular flexibility index (Phi) is 6.23. The number of nitrogens with one attached hydrogen (secondary N) is 1. The molecule has 0 spiro atoms. The van der Waals surface area contributed by atoms with Crippen LogP contribution in [0.15, 0.2) is 24.3 Å². The zero-order valence-corrected chi connectivity index (χ0v) is 11.7. The fourth-order valence-electron chi connectivity index (χ4n) is 1.74. The van der Waals surface area contributed by atoms with Crippen LogP contribution in [0.3, 0.4) is 0 Å². The lowest BCUT2D eigenvalue weighted by molar-refractivity contribution is 0.346. The van der Waals surface area contributed by atoms with Crippen LogP contribution in [0.5, 0.6) is 0 Å². The van der Waals surface area contributed by atoms with Crippen molar-refractivity contribution < 1.29 is 0 Å². The summed E-state index contributed by atoms with van der Waals surface area (Å²) in [7, 11) is 2.15. The zero-order chi connectivity index (χ0) is 12.7. The van der Waals surface area contributed by atoms with Gasteiger partial charge in [0, 0.05) is 12.6 Å². The summed E-state index contributed by atoms with van der Waals surface area (Å²) in [6, 6.07) is 9.57. The standard InChI is InChI=1S/C15H26N2/c1-5-17(4)12-15-8-6-14(7-9-15)10-11-16-13(2)3/h6-9,13,16H,5,10-12H2,1-4H3. The molecule has 0 radical (unpaired) electrons. The van der Waals surface area contributed by atoms with Crippen molar-refractivity contribution in [3.63, 3.8) is 0 Å². The van der Waals surface area contributed by atoms with Crippen molar-refractivity contribution in [2.75, 3.05) is 20.1 Å². The van der Waals surface area contributed by atoms with Gasteiger partial charge in [0.05, 0.1) is 0 Å². The van der Waals surface area contributed by atoms with E-state index in [1.54, 1.807) is 0 Å². The van der Waals surface area contributed by atoms with Crippen molar-refractivity contribution in [1.82, 2.24) is 10.2 Å². The van der Waals surface area contributed by atoms with E-state index in [0.29, 0.717) is 6.04 Å². The van der Waals surface area contributed by atoms with E-state index in [4.69, 9.17) is 0 Å². The Morgan fingerprint density at radius 1 is 1.12 bits per heavy atom. The number of benzene rings is 1.